The fraction of sp³-hybridized carbons (Fsp3) is 0.200. The number of aromatic nitrogens is 3. The highest BCUT2D eigenvalue weighted by molar-refractivity contribution is 5.75. The van der Waals surface area contributed by atoms with E-state index in [1.807, 2.05) is 80.6 Å². The minimum absolute atomic E-state index is 0.108. The maximum absolute atomic E-state index is 14.5. The van der Waals surface area contributed by atoms with Gasteiger partial charge in [-0.05, 0) is 22.8 Å². The summed E-state index contributed by atoms with van der Waals surface area (Å²) in [4.78, 5) is 1.04. The van der Waals surface area contributed by atoms with Gasteiger partial charge in [0.2, 0.25) is 0 Å². The van der Waals surface area contributed by atoms with Crippen molar-refractivity contribution >= 4 is 11.0 Å². The van der Waals surface area contributed by atoms with Gasteiger partial charge in [0.05, 0.1) is 0 Å². The number of hydrogen-bond acceptors (Lipinski definition) is 3. The van der Waals surface area contributed by atoms with E-state index in [1.54, 1.807) is 6.07 Å². The highest BCUT2D eigenvalue weighted by Gasteiger charge is 2.33. The summed E-state index contributed by atoms with van der Waals surface area (Å²) in [5.41, 5.74) is 1.93. The number of phenolic OH excluding ortho intramolecular Hbond substituents is 1. The van der Waals surface area contributed by atoms with Gasteiger partial charge in [-0.2, -0.15) is 0 Å². The van der Waals surface area contributed by atoms with Gasteiger partial charge in [0.25, 0.3) is 0 Å². The van der Waals surface area contributed by atoms with E-state index < -0.39 is 33.8 Å². The van der Waals surface area contributed by atoms with E-state index in [2.05, 4.69) is 24.0 Å². The van der Waals surface area contributed by atoms with E-state index in [0.717, 1.165) is 27.6 Å². The first-order chi connectivity index (χ1) is 17.5. The highest BCUT2D eigenvalue weighted by Crippen LogP contribution is 2.44. The second-order valence-corrected chi connectivity index (χ2v) is 10.2. The first kappa shape index (κ1) is 24.6. The van der Waals surface area contributed by atoms with E-state index in [9.17, 15) is 18.3 Å². The number of nitrogens with zero attached hydrogens (tertiary/aromatic N) is 3. The molecular weight excluding hydrogens is 475 g/mol. The normalized spacial score (nSPS) is 12.3. The quantitative estimate of drug-likeness (QED) is 0.259. The smallest absolute Gasteiger partial charge is 0.196 e. The van der Waals surface area contributed by atoms with Crippen molar-refractivity contribution in [2.24, 2.45) is 0 Å². The van der Waals surface area contributed by atoms with Crippen LogP contribution in [0.25, 0.3) is 16.7 Å². The lowest BCUT2D eigenvalue weighted by molar-refractivity contribution is 0.444. The van der Waals surface area contributed by atoms with Crippen LogP contribution in [0.15, 0.2) is 78.9 Å². The van der Waals surface area contributed by atoms with Crippen LogP contribution < -0.4 is 0 Å². The molecule has 188 valence electrons. The molecule has 0 amide bonds. The zero-order valence-corrected chi connectivity index (χ0v) is 20.9. The topological polar surface area (TPSA) is 50.9 Å². The summed E-state index contributed by atoms with van der Waals surface area (Å²) in [5, 5.41) is 19.9. The molecule has 7 heteroatoms. The second kappa shape index (κ2) is 8.76. The predicted octanol–water partition coefficient (Wildman–Crippen LogP) is 7.20. The molecule has 0 aliphatic rings. The molecule has 4 nitrogen and oxygen atoms in total. The summed E-state index contributed by atoms with van der Waals surface area (Å²) < 4.78 is 42.2. The van der Waals surface area contributed by atoms with Crippen LogP contribution in [-0.4, -0.2) is 20.1 Å². The summed E-state index contributed by atoms with van der Waals surface area (Å²) in [6.07, 6.45) is 0. The highest BCUT2D eigenvalue weighted by atomic mass is 19.2. The summed E-state index contributed by atoms with van der Waals surface area (Å²) in [7, 11) is 0. The fourth-order valence-corrected chi connectivity index (χ4v) is 4.71. The largest absolute Gasteiger partial charge is 0.505 e. The standard InChI is InChI=1S/C30H26F3N3O/c1-29(2,18-11-7-5-8-12-18)20-15-21(30(3,4)19-13-9-6-10-14-19)28(37)24(16-20)36-34-23-17-22(31)25(32)26(33)27(23)35-36/h5-17,37H,1-4H3. The van der Waals surface area contributed by atoms with Gasteiger partial charge in [-0.25, -0.2) is 13.2 Å². The molecule has 1 N–H and O–H groups in total. The number of hydrogen-bond donors (Lipinski definition) is 1. The molecule has 4 aromatic carbocycles. The Kier molecular flexibility index (Phi) is 5.82. The Bertz CT molecular complexity index is 1610. The van der Waals surface area contributed by atoms with Crippen LogP contribution >= 0.6 is 0 Å². The first-order valence-corrected chi connectivity index (χ1v) is 11.9. The van der Waals surface area contributed by atoms with Crippen molar-refractivity contribution < 1.29 is 18.3 Å². The van der Waals surface area contributed by atoms with Gasteiger partial charge >= 0.3 is 0 Å². The lowest BCUT2D eigenvalue weighted by atomic mass is 9.72. The van der Waals surface area contributed by atoms with Gasteiger partial charge < -0.3 is 5.11 Å². The maximum atomic E-state index is 14.5. The van der Waals surface area contributed by atoms with Crippen molar-refractivity contribution in [3.8, 4) is 11.4 Å². The molecule has 0 aliphatic heterocycles. The van der Waals surface area contributed by atoms with E-state index in [4.69, 9.17) is 0 Å². The van der Waals surface area contributed by atoms with Gasteiger partial charge in [-0.15, -0.1) is 15.0 Å². The fourth-order valence-electron chi connectivity index (χ4n) is 4.71. The predicted molar refractivity (Wildman–Crippen MR) is 138 cm³/mol. The van der Waals surface area contributed by atoms with Crippen LogP contribution in [0.4, 0.5) is 13.2 Å². The summed E-state index contributed by atoms with van der Waals surface area (Å²) in [5.74, 6) is -4.51. The third-order valence-electron chi connectivity index (χ3n) is 7.20. The van der Waals surface area contributed by atoms with Crippen LogP contribution in [0.5, 0.6) is 5.75 Å². The van der Waals surface area contributed by atoms with Crippen molar-refractivity contribution in [3.05, 3.63) is 119 Å². The monoisotopic (exact) mass is 501 g/mol. The Balaban J connectivity index is 1.80. The van der Waals surface area contributed by atoms with Crippen LogP contribution in [0, 0.1) is 17.5 Å². The average Bonchev–Trinajstić information content (AvgIpc) is 3.32. The first-order valence-electron chi connectivity index (χ1n) is 11.9. The van der Waals surface area contributed by atoms with E-state index in [1.165, 1.54) is 0 Å². The van der Waals surface area contributed by atoms with E-state index in [-0.39, 0.29) is 17.0 Å². The van der Waals surface area contributed by atoms with Crippen molar-refractivity contribution in [1.29, 1.82) is 0 Å². The minimum Gasteiger partial charge on any atom is -0.505 e. The molecule has 37 heavy (non-hydrogen) atoms. The third-order valence-corrected chi connectivity index (χ3v) is 7.20. The molecule has 0 atom stereocenters. The molecule has 0 aliphatic carbocycles. The minimum atomic E-state index is -1.62. The van der Waals surface area contributed by atoms with E-state index >= 15 is 0 Å². The maximum Gasteiger partial charge on any atom is 0.196 e. The van der Waals surface area contributed by atoms with Crippen LogP contribution in [-0.2, 0) is 10.8 Å². The van der Waals surface area contributed by atoms with Crippen LogP contribution in [0.1, 0.15) is 49.9 Å². The number of phenols is 1. The lowest BCUT2D eigenvalue weighted by Gasteiger charge is -2.32. The molecular formula is C30H26F3N3O. The third kappa shape index (κ3) is 4.04. The molecule has 0 saturated heterocycles. The summed E-state index contributed by atoms with van der Waals surface area (Å²) in [6, 6.07) is 24.1. The number of halogens is 3. The van der Waals surface area contributed by atoms with Gasteiger partial charge in [-0.1, -0.05) is 94.4 Å². The number of aromatic hydroxyl groups is 1. The Hall–Kier alpha value is -4.13. The van der Waals surface area contributed by atoms with Gasteiger partial charge in [0.15, 0.2) is 23.0 Å². The zero-order valence-electron chi connectivity index (χ0n) is 20.9. The summed E-state index contributed by atoms with van der Waals surface area (Å²) in [6.45, 7) is 8.13. The summed E-state index contributed by atoms with van der Waals surface area (Å²) >= 11 is 0. The molecule has 0 saturated carbocycles. The zero-order chi connectivity index (χ0) is 26.5. The number of benzene rings is 4. The lowest BCUT2D eigenvalue weighted by Crippen LogP contribution is -2.24. The molecule has 0 fully saturated rings. The van der Waals surface area contributed by atoms with Crippen molar-refractivity contribution in [1.82, 2.24) is 15.0 Å². The molecule has 5 aromatic rings. The molecule has 0 spiro atoms. The van der Waals surface area contributed by atoms with E-state index in [0.29, 0.717) is 5.56 Å². The molecule has 0 radical (unpaired) electrons. The Morgan fingerprint density at radius 1 is 0.676 bits per heavy atom. The Morgan fingerprint density at radius 2 is 1.24 bits per heavy atom. The number of fused-ring (bicyclic) bond motifs is 1. The van der Waals surface area contributed by atoms with Crippen molar-refractivity contribution in [2.45, 2.75) is 38.5 Å². The Morgan fingerprint density at radius 3 is 1.84 bits per heavy atom. The van der Waals surface area contributed by atoms with Gasteiger partial charge in [-0.3, -0.25) is 0 Å². The molecule has 0 unspecified atom stereocenters. The molecule has 1 aromatic heterocycles. The number of rotatable bonds is 5. The Labute approximate surface area is 213 Å². The second-order valence-electron chi connectivity index (χ2n) is 10.2. The molecule has 1 heterocycles. The van der Waals surface area contributed by atoms with Crippen LogP contribution in [0.2, 0.25) is 0 Å². The van der Waals surface area contributed by atoms with Crippen molar-refractivity contribution in [3.63, 3.8) is 0 Å². The molecule has 0 bridgehead atoms. The van der Waals surface area contributed by atoms with Crippen LogP contribution in [0.3, 0.4) is 0 Å². The van der Waals surface area contributed by atoms with Gasteiger partial charge in [0.1, 0.15) is 17.0 Å². The van der Waals surface area contributed by atoms with Crippen molar-refractivity contribution in [2.75, 3.05) is 0 Å². The average molecular weight is 502 g/mol. The SMILES string of the molecule is CC(C)(c1ccccc1)c1cc(-n2nc3cc(F)c(F)c(F)c3n2)c(O)c(C(C)(C)c2ccccc2)c1. The van der Waals surface area contributed by atoms with Gasteiger partial charge in [0, 0.05) is 22.5 Å². The molecule has 5 rings (SSSR count).